The summed E-state index contributed by atoms with van der Waals surface area (Å²) < 4.78 is 0. The lowest BCUT2D eigenvalue weighted by atomic mass is 9.54. The number of Topliss-reactive ketones (excluding diaryl/α,β-unsaturated/α-hetero) is 1. The minimum Gasteiger partial charge on any atom is -0.508 e. The summed E-state index contributed by atoms with van der Waals surface area (Å²) in [5.41, 5.74) is 4.31. The molecular weight excluding hydrogens is 374 g/mol. The quantitative estimate of drug-likeness (QED) is 0.677. The Morgan fingerprint density at radius 1 is 1.20 bits per heavy atom. The van der Waals surface area contributed by atoms with Gasteiger partial charge in [-0.3, -0.25) is 9.89 Å². The van der Waals surface area contributed by atoms with E-state index >= 15 is 0 Å². The maximum absolute atomic E-state index is 12.8. The molecule has 0 amide bonds. The molecule has 2 aliphatic carbocycles. The number of hydrogen-bond acceptors (Lipinski definition) is 4. The number of nitrogens with one attached hydrogen (secondary N) is 1. The average molecular weight is 395 g/mol. The highest BCUT2D eigenvalue weighted by atomic mass is 16.3. The fourth-order valence-corrected chi connectivity index (χ4v) is 5.34. The molecule has 0 saturated heterocycles. The van der Waals surface area contributed by atoms with Crippen molar-refractivity contribution < 1.29 is 9.90 Å². The first-order valence-electron chi connectivity index (χ1n) is 10.2. The maximum Gasteiger partial charge on any atom is 0.176 e. The van der Waals surface area contributed by atoms with Crippen molar-refractivity contribution in [2.45, 2.75) is 25.2 Å². The molecule has 0 spiro atoms. The third kappa shape index (κ3) is 2.47. The molecule has 1 aromatic heterocycles. The van der Waals surface area contributed by atoms with Crippen molar-refractivity contribution in [2.75, 3.05) is 0 Å². The topological polar surface area (TPSA) is 89.8 Å². The van der Waals surface area contributed by atoms with Gasteiger partial charge in [0.05, 0.1) is 22.4 Å². The SMILES string of the molecule is C[C@@H]1C(=O)C(C#N)=C[C@]2(c3ccccc3)c3n[nH]c(-c4cccc(O)c4)c3CCC12. The van der Waals surface area contributed by atoms with Gasteiger partial charge in [0.1, 0.15) is 11.8 Å². The molecular formula is C25H21N3O2. The van der Waals surface area contributed by atoms with Crippen molar-refractivity contribution in [2.24, 2.45) is 11.8 Å². The summed E-state index contributed by atoms with van der Waals surface area (Å²) in [6.45, 7) is 1.93. The number of fused-ring (bicyclic) bond motifs is 3. The molecule has 2 aromatic carbocycles. The lowest BCUT2D eigenvalue weighted by molar-refractivity contribution is -0.121. The zero-order valence-electron chi connectivity index (χ0n) is 16.6. The number of rotatable bonds is 2. The van der Waals surface area contributed by atoms with E-state index in [1.165, 1.54) is 0 Å². The predicted molar refractivity (Wildman–Crippen MR) is 113 cm³/mol. The Labute approximate surface area is 174 Å². The standard InChI is InChI=1S/C25H21N3O2/c1-15-21-11-10-20-22(16-6-5-9-19(29)12-16)27-28-24(20)25(21,13-17(14-26)23(15)30)18-7-3-2-4-8-18/h2-9,12-13,15,21,29H,10-11H2,1H3,(H,27,28)/t15-,21?,25+/m0/s1. The number of ketones is 1. The number of carbonyl (C=O) groups excluding carboxylic acids is 1. The maximum atomic E-state index is 12.8. The van der Waals surface area contributed by atoms with Crippen molar-refractivity contribution >= 4 is 5.78 Å². The van der Waals surface area contributed by atoms with Crippen LogP contribution >= 0.6 is 0 Å². The minimum atomic E-state index is -0.640. The molecule has 3 atom stereocenters. The van der Waals surface area contributed by atoms with Gasteiger partial charge in [-0.25, -0.2) is 0 Å². The molecule has 0 fully saturated rings. The van der Waals surface area contributed by atoms with Crippen molar-refractivity contribution in [1.82, 2.24) is 10.2 Å². The number of H-pyrrole nitrogens is 1. The molecule has 3 aromatic rings. The Morgan fingerprint density at radius 2 is 2.00 bits per heavy atom. The van der Waals surface area contributed by atoms with Crippen LogP contribution in [0.4, 0.5) is 0 Å². The zero-order chi connectivity index (χ0) is 20.9. The van der Waals surface area contributed by atoms with Crippen LogP contribution in [-0.2, 0) is 16.6 Å². The average Bonchev–Trinajstić information content (AvgIpc) is 3.21. The predicted octanol–water partition coefficient (Wildman–Crippen LogP) is 4.30. The van der Waals surface area contributed by atoms with E-state index in [1.54, 1.807) is 12.1 Å². The van der Waals surface area contributed by atoms with E-state index in [4.69, 9.17) is 5.10 Å². The van der Waals surface area contributed by atoms with Gasteiger partial charge in [-0.2, -0.15) is 10.4 Å². The van der Waals surface area contributed by atoms with Gasteiger partial charge in [-0.1, -0.05) is 49.4 Å². The van der Waals surface area contributed by atoms with Crippen LogP contribution in [0.25, 0.3) is 11.3 Å². The van der Waals surface area contributed by atoms with Crippen LogP contribution in [0.5, 0.6) is 5.75 Å². The second-order valence-corrected chi connectivity index (χ2v) is 8.18. The summed E-state index contributed by atoms with van der Waals surface area (Å²) in [6, 6.07) is 19.3. The second kappa shape index (κ2) is 6.70. The van der Waals surface area contributed by atoms with Crippen LogP contribution in [0.3, 0.4) is 0 Å². The van der Waals surface area contributed by atoms with Crippen LogP contribution < -0.4 is 0 Å². The number of benzene rings is 2. The van der Waals surface area contributed by atoms with Gasteiger partial charge in [0.2, 0.25) is 0 Å². The fraction of sp³-hybridized carbons (Fsp3) is 0.240. The van der Waals surface area contributed by atoms with Gasteiger partial charge in [-0.05, 0) is 42.5 Å². The van der Waals surface area contributed by atoms with Gasteiger partial charge in [0.15, 0.2) is 5.78 Å². The number of nitrogens with zero attached hydrogens (tertiary/aromatic N) is 2. The third-order valence-electron chi connectivity index (χ3n) is 6.71. The summed E-state index contributed by atoms with van der Waals surface area (Å²) in [4.78, 5) is 12.8. The highest BCUT2D eigenvalue weighted by Crippen LogP contribution is 2.54. The van der Waals surface area contributed by atoms with Gasteiger partial charge in [0.25, 0.3) is 0 Å². The van der Waals surface area contributed by atoms with Crippen molar-refractivity contribution in [3.05, 3.63) is 83.1 Å². The summed E-state index contributed by atoms with van der Waals surface area (Å²) in [5, 5.41) is 27.6. The summed E-state index contributed by atoms with van der Waals surface area (Å²) in [7, 11) is 0. The number of carbonyl (C=O) groups is 1. The summed E-state index contributed by atoms with van der Waals surface area (Å²) in [5.74, 6) is -0.122. The first kappa shape index (κ1) is 18.4. The number of nitriles is 1. The Balaban J connectivity index is 1.81. The molecule has 5 nitrogen and oxygen atoms in total. The minimum absolute atomic E-state index is 0.0253. The molecule has 2 N–H and O–H groups in total. The number of aromatic hydroxyl groups is 1. The Bertz CT molecular complexity index is 1220. The van der Waals surface area contributed by atoms with Crippen molar-refractivity contribution in [1.29, 1.82) is 5.26 Å². The molecule has 0 saturated carbocycles. The molecule has 30 heavy (non-hydrogen) atoms. The van der Waals surface area contributed by atoms with Crippen LogP contribution in [0.1, 0.15) is 30.2 Å². The first-order chi connectivity index (χ1) is 14.6. The summed E-state index contributed by atoms with van der Waals surface area (Å²) in [6.07, 6.45) is 3.44. The molecule has 2 aliphatic rings. The fourth-order valence-electron chi connectivity index (χ4n) is 5.34. The number of allylic oxidation sites excluding steroid dienone is 2. The first-order valence-corrected chi connectivity index (χ1v) is 10.2. The van der Waals surface area contributed by atoms with E-state index in [9.17, 15) is 15.2 Å². The highest BCUT2D eigenvalue weighted by Gasteiger charge is 2.53. The largest absolute Gasteiger partial charge is 0.508 e. The zero-order valence-corrected chi connectivity index (χ0v) is 16.6. The molecule has 0 aliphatic heterocycles. The van der Waals surface area contributed by atoms with E-state index < -0.39 is 5.41 Å². The lowest BCUT2D eigenvalue weighted by Crippen LogP contribution is -2.48. The monoisotopic (exact) mass is 395 g/mol. The molecule has 0 bridgehead atoms. The third-order valence-corrected chi connectivity index (χ3v) is 6.71. The van der Waals surface area contributed by atoms with Crippen molar-refractivity contribution in [3.8, 4) is 23.1 Å². The highest BCUT2D eigenvalue weighted by molar-refractivity contribution is 6.02. The smallest absolute Gasteiger partial charge is 0.176 e. The van der Waals surface area contributed by atoms with Gasteiger partial charge >= 0.3 is 0 Å². The van der Waals surface area contributed by atoms with Crippen molar-refractivity contribution in [3.63, 3.8) is 0 Å². The Kier molecular flexibility index (Phi) is 4.11. The molecule has 0 radical (unpaired) electrons. The van der Waals surface area contributed by atoms with Gasteiger partial charge < -0.3 is 5.11 Å². The lowest BCUT2D eigenvalue weighted by Gasteiger charge is -2.47. The number of aromatic amines is 1. The van der Waals surface area contributed by atoms with E-state index in [0.29, 0.717) is 0 Å². The Hall–Kier alpha value is -3.65. The normalized spacial score (nSPS) is 25.1. The number of phenolic OH excluding ortho intramolecular Hbond substituents is 1. The van der Waals surface area contributed by atoms with E-state index in [0.717, 1.165) is 40.9 Å². The van der Waals surface area contributed by atoms with Crippen LogP contribution in [0, 0.1) is 23.2 Å². The molecule has 1 heterocycles. The second-order valence-electron chi connectivity index (χ2n) is 8.18. The molecule has 5 rings (SSSR count). The number of phenols is 1. The molecule has 1 unspecified atom stereocenters. The van der Waals surface area contributed by atoms with E-state index in [1.807, 2.05) is 43.3 Å². The van der Waals surface area contributed by atoms with Crippen LogP contribution in [0.15, 0.2) is 66.2 Å². The number of hydrogen-bond donors (Lipinski definition) is 2. The molecule has 148 valence electrons. The van der Waals surface area contributed by atoms with Crippen LogP contribution in [-0.4, -0.2) is 21.1 Å². The van der Waals surface area contributed by atoms with Gasteiger partial charge in [-0.15, -0.1) is 0 Å². The Morgan fingerprint density at radius 3 is 2.73 bits per heavy atom. The van der Waals surface area contributed by atoms with E-state index in [2.05, 4.69) is 23.3 Å². The van der Waals surface area contributed by atoms with E-state index in [-0.39, 0.29) is 28.9 Å². The van der Waals surface area contributed by atoms with Crippen LogP contribution in [0.2, 0.25) is 0 Å². The molecule has 5 heteroatoms. The number of aromatic nitrogens is 2. The van der Waals surface area contributed by atoms with Gasteiger partial charge in [0, 0.05) is 17.0 Å². The summed E-state index contributed by atoms with van der Waals surface area (Å²) >= 11 is 0.